The number of nitrogens with zero attached hydrogens (tertiary/aromatic N) is 2. The molecule has 0 spiro atoms. The van der Waals surface area contributed by atoms with Crippen molar-refractivity contribution < 1.29 is 13.7 Å². The minimum Gasteiger partial charge on any atom is -0.292 e. The number of benzene rings is 2. The van der Waals surface area contributed by atoms with Crippen molar-refractivity contribution in [2.75, 3.05) is 13.1 Å². The van der Waals surface area contributed by atoms with Crippen LogP contribution in [-0.4, -0.2) is 29.0 Å². The van der Waals surface area contributed by atoms with E-state index in [1.165, 1.54) is 6.07 Å². The maximum Gasteiger partial charge on any atom is 0.233 e. The van der Waals surface area contributed by atoms with Crippen LogP contribution in [0.25, 0.3) is 0 Å². The predicted molar refractivity (Wildman–Crippen MR) is 81.6 cm³/mol. The number of halogens is 2. The summed E-state index contributed by atoms with van der Waals surface area (Å²) in [5, 5.41) is 11.3. The first-order valence-corrected chi connectivity index (χ1v) is 7.39. The summed E-state index contributed by atoms with van der Waals surface area (Å²) in [6, 6.07) is 12.0. The molecule has 0 amide bonds. The third-order valence-corrected chi connectivity index (χ3v) is 4.25. The number of hydrogen-bond acceptors (Lipinski definition) is 3. The first-order chi connectivity index (χ1) is 11.0. The van der Waals surface area contributed by atoms with Crippen molar-refractivity contribution in [2.24, 2.45) is 0 Å². The van der Waals surface area contributed by atoms with E-state index >= 15 is 0 Å². The Bertz CT molecular complexity index is 709. The van der Waals surface area contributed by atoms with Gasteiger partial charge in [0.2, 0.25) is 6.04 Å². The van der Waals surface area contributed by atoms with Crippen LogP contribution in [0.3, 0.4) is 0 Å². The molecule has 0 bridgehead atoms. The van der Waals surface area contributed by atoms with Crippen LogP contribution in [0.5, 0.6) is 0 Å². The molecule has 3 rings (SSSR count). The molecule has 0 aliphatic carbocycles. The van der Waals surface area contributed by atoms with Crippen molar-refractivity contribution >= 4 is 0 Å². The minimum absolute atomic E-state index is 0.212. The van der Waals surface area contributed by atoms with E-state index in [4.69, 9.17) is 0 Å². The fraction of sp³-hybridized carbons (Fsp3) is 0.294. The predicted octanol–water partition coefficient (Wildman–Crippen LogP) is 3.21. The highest BCUT2D eigenvalue weighted by molar-refractivity contribution is 5.26. The van der Waals surface area contributed by atoms with Gasteiger partial charge >= 0.3 is 0 Å². The molecule has 4 nitrogen and oxygen atoms in total. The molecule has 1 saturated heterocycles. The second kappa shape index (κ2) is 6.42. The van der Waals surface area contributed by atoms with Crippen LogP contribution in [0.4, 0.5) is 8.78 Å². The van der Waals surface area contributed by atoms with Gasteiger partial charge in [-0.25, -0.2) is 8.78 Å². The summed E-state index contributed by atoms with van der Waals surface area (Å²) in [6.45, 7) is 1.21. The van der Waals surface area contributed by atoms with E-state index in [1.54, 1.807) is 0 Å². The van der Waals surface area contributed by atoms with Gasteiger partial charge in [0, 0.05) is 24.1 Å². The van der Waals surface area contributed by atoms with E-state index in [0.29, 0.717) is 13.1 Å². The highest BCUT2D eigenvalue weighted by Gasteiger charge is 2.42. The Balaban J connectivity index is 1.83. The fourth-order valence-electron chi connectivity index (χ4n) is 3.16. The fourth-order valence-corrected chi connectivity index (χ4v) is 3.16. The normalized spacial score (nSPS) is 21.5. The summed E-state index contributed by atoms with van der Waals surface area (Å²) in [5.41, 5.74) is 1.26. The molecule has 0 N–H and O–H groups in total. The second-order valence-corrected chi connectivity index (χ2v) is 5.80. The Kier molecular flexibility index (Phi) is 4.34. The Morgan fingerprint density at radius 2 is 1.87 bits per heavy atom. The summed E-state index contributed by atoms with van der Waals surface area (Å²) in [4.78, 5) is 12.9. The summed E-state index contributed by atoms with van der Waals surface area (Å²) in [6.07, 6.45) is 0. The maximum atomic E-state index is 14.0. The first kappa shape index (κ1) is 15.6. The van der Waals surface area contributed by atoms with Gasteiger partial charge in [-0.3, -0.25) is 15.0 Å². The van der Waals surface area contributed by atoms with Crippen LogP contribution in [0, 0.1) is 21.7 Å². The molecule has 2 aromatic rings. The van der Waals surface area contributed by atoms with Gasteiger partial charge in [-0.15, -0.1) is 0 Å². The van der Waals surface area contributed by atoms with Gasteiger partial charge in [0.25, 0.3) is 0 Å². The molecule has 0 aromatic heterocycles. The monoisotopic (exact) mass is 318 g/mol. The van der Waals surface area contributed by atoms with Crippen molar-refractivity contribution in [2.45, 2.75) is 18.5 Å². The Morgan fingerprint density at radius 1 is 1.13 bits per heavy atom. The molecular weight excluding hydrogens is 302 g/mol. The Labute approximate surface area is 132 Å². The molecule has 0 saturated carbocycles. The molecule has 1 fully saturated rings. The second-order valence-electron chi connectivity index (χ2n) is 5.80. The standard InChI is InChI=1S/C17H16F2N2O2/c18-13-6-7-14(16(19)8-13)15-10-20(11-17(15)21(22)23)9-12-4-2-1-3-5-12/h1-8,15,17H,9-11H2/t15?,17-/m1/s1. The average Bonchev–Trinajstić information content (AvgIpc) is 2.92. The number of nitro groups is 1. The van der Waals surface area contributed by atoms with Crippen molar-refractivity contribution in [1.29, 1.82) is 0 Å². The first-order valence-electron chi connectivity index (χ1n) is 7.39. The molecule has 1 aliphatic rings. The molecule has 120 valence electrons. The average molecular weight is 318 g/mol. The van der Waals surface area contributed by atoms with Gasteiger partial charge in [0.1, 0.15) is 11.6 Å². The lowest BCUT2D eigenvalue weighted by Crippen LogP contribution is -2.28. The summed E-state index contributed by atoms with van der Waals surface area (Å²) < 4.78 is 27.1. The van der Waals surface area contributed by atoms with Crippen molar-refractivity contribution in [1.82, 2.24) is 4.90 Å². The van der Waals surface area contributed by atoms with E-state index in [2.05, 4.69) is 0 Å². The smallest absolute Gasteiger partial charge is 0.233 e. The van der Waals surface area contributed by atoms with E-state index in [9.17, 15) is 18.9 Å². The van der Waals surface area contributed by atoms with Gasteiger partial charge in [-0.2, -0.15) is 0 Å². The van der Waals surface area contributed by atoms with Gasteiger partial charge in [0.05, 0.1) is 12.5 Å². The molecule has 23 heavy (non-hydrogen) atoms. The van der Waals surface area contributed by atoms with Gasteiger partial charge in [0.15, 0.2) is 0 Å². The van der Waals surface area contributed by atoms with E-state index in [1.807, 2.05) is 35.2 Å². The SMILES string of the molecule is O=[N+]([O-])[C@@H]1CN(Cc2ccccc2)CC1c1ccc(F)cc1F. The highest BCUT2D eigenvalue weighted by Crippen LogP contribution is 2.32. The highest BCUT2D eigenvalue weighted by atomic mass is 19.1. The Hall–Kier alpha value is -2.34. The van der Waals surface area contributed by atoms with E-state index in [0.717, 1.165) is 17.7 Å². The minimum atomic E-state index is -0.890. The Morgan fingerprint density at radius 3 is 2.52 bits per heavy atom. The van der Waals surface area contributed by atoms with Crippen LogP contribution >= 0.6 is 0 Å². The third-order valence-electron chi connectivity index (χ3n) is 4.25. The molecule has 1 aliphatic heterocycles. The van der Waals surface area contributed by atoms with Crippen LogP contribution in [-0.2, 0) is 6.54 Å². The van der Waals surface area contributed by atoms with Crippen LogP contribution in [0.1, 0.15) is 17.0 Å². The lowest BCUT2D eigenvalue weighted by Gasteiger charge is -2.15. The number of hydrogen-bond donors (Lipinski definition) is 0. The number of likely N-dealkylation sites (tertiary alicyclic amines) is 1. The molecular formula is C17H16F2N2O2. The molecule has 0 radical (unpaired) electrons. The number of rotatable bonds is 4. The molecule has 2 aromatic carbocycles. The van der Waals surface area contributed by atoms with E-state index in [-0.39, 0.29) is 17.0 Å². The van der Waals surface area contributed by atoms with Gasteiger partial charge in [-0.1, -0.05) is 36.4 Å². The van der Waals surface area contributed by atoms with Crippen LogP contribution in [0.15, 0.2) is 48.5 Å². The van der Waals surface area contributed by atoms with Gasteiger partial charge in [-0.05, 0) is 17.2 Å². The van der Waals surface area contributed by atoms with Crippen LogP contribution in [0.2, 0.25) is 0 Å². The maximum absolute atomic E-state index is 14.0. The van der Waals surface area contributed by atoms with Crippen LogP contribution < -0.4 is 0 Å². The topological polar surface area (TPSA) is 46.4 Å². The van der Waals surface area contributed by atoms with Gasteiger partial charge < -0.3 is 0 Å². The lowest BCUT2D eigenvalue weighted by atomic mass is 9.94. The molecule has 6 heteroatoms. The quantitative estimate of drug-likeness (QED) is 0.642. The zero-order valence-electron chi connectivity index (χ0n) is 12.4. The van der Waals surface area contributed by atoms with Crippen molar-refractivity contribution in [3.8, 4) is 0 Å². The zero-order chi connectivity index (χ0) is 16.4. The van der Waals surface area contributed by atoms with Crippen molar-refractivity contribution in [3.63, 3.8) is 0 Å². The molecule has 1 heterocycles. The van der Waals surface area contributed by atoms with E-state index < -0.39 is 23.6 Å². The lowest BCUT2D eigenvalue weighted by molar-refractivity contribution is -0.521. The molecule has 1 unspecified atom stereocenters. The molecule has 2 atom stereocenters. The summed E-state index contributed by atoms with van der Waals surface area (Å²) >= 11 is 0. The zero-order valence-corrected chi connectivity index (χ0v) is 12.4. The third kappa shape index (κ3) is 3.37. The van der Waals surface area contributed by atoms with Crippen molar-refractivity contribution in [3.05, 3.63) is 81.4 Å². The summed E-state index contributed by atoms with van der Waals surface area (Å²) in [7, 11) is 0. The summed E-state index contributed by atoms with van der Waals surface area (Å²) in [5.74, 6) is -1.97. The largest absolute Gasteiger partial charge is 0.292 e.